The first-order valence-corrected chi connectivity index (χ1v) is 8.52. The van der Waals surface area contributed by atoms with Crippen molar-refractivity contribution in [3.63, 3.8) is 0 Å². The summed E-state index contributed by atoms with van der Waals surface area (Å²) in [7, 11) is 0. The van der Waals surface area contributed by atoms with E-state index in [1.807, 2.05) is 0 Å². The fraction of sp³-hybridized carbons (Fsp3) is 0.250. The lowest BCUT2D eigenvalue weighted by molar-refractivity contribution is -0.117. The van der Waals surface area contributed by atoms with Crippen molar-refractivity contribution in [1.29, 1.82) is 0 Å². The molecule has 0 spiro atoms. The van der Waals surface area contributed by atoms with Crippen molar-refractivity contribution in [2.24, 2.45) is 0 Å². The van der Waals surface area contributed by atoms with Crippen molar-refractivity contribution >= 4 is 29.2 Å². The van der Waals surface area contributed by atoms with Crippen LogP contribution in [0.4, 0.5) is 15.8 Å². The van der Waals surface area contributed by atoms with Gasteiger partial charge in [0.25, 0.3) is 0 Å². The third-order valence-electron chi connectivity index (χ3n) is 3.76. The van der Waals surface area contributed by atoms with Gasteiger partial charge in [-0.25, -0.2) is 9.18 Å². The summed E-state index contributed by atoms with van der Waals surface area (Å²) in [6, 6.07) is 12.0. The summed E-state index contributed by atoms with van der Waals surface area (Å²) in [6.07, 6.45) is 0.00805. The maximum atomic E-state index is 12.9. The second-order valence-electron chi connectivity index (χ2n) is 5.71. The van der Waals surface area contributed by atoms with Crippen LogP contribution in [0.3, 0.4) is 0 Å². The van der Waals surface area contributed by atoms with Gasteiger partial charge in [-0.1, -0.05) is 12.1 Å². The lowest BCUT2D eigenvalue weighted by Crippen LogP contribution is -2.33. The molecule has 2 rings (SSSR count). The number of anilines is 2. The van der Waals surface area contributed by atoms with Gasteiger partial charge in [-0.3, -0.25) is 9.59 Å². The van der Waals surface area contributed by atoms with E-state index in [1.54, 1.807) is 31.2 Å². The van der Waals surface area contributed by atoms with Gasteiger partial charge in [0.2, 0.25) is 11.8 Å². The number of nitrogens with zero attached hydrogens (tertiary/aromatic N) is 1. The molecule has 1 N–H and O–H groups in total. The molecule has 0 radical (unpaired) electrons. The topological polar surface area (TPSA) is 75.7 Å². The van der Waals surface area contributed by atoms with Gasteiger partial charge < -0.3 is 15.0 Å². The molecule has 0 saturated carbocycles. The second-order valence-corrected chi connectivity index (χ2v) is 5.71. The van der Waals surface area contributed by atoms with Crippen molar-refractivity contribution in [2.45, 2.75) is 20.3 Å². The Kier molecular flexibility index (Phi) is 7.05. The molecule has 0 heterocycles. The molecule has 0 aliphatic rings. The molecule has 0 bridgehead atoms. The lowest BCUT2D eigenvalue weighted by Gasteiger charge is -2.23. The molecule has 0 atom stereocenters. The molecule has 0 aliphatic heterocycles. The SMILES string of the molecule is CCOC(=O)c1ccccc1N(CCC(=O)Nc1ccc(F)cc1)C(C)=O. The van der Waals surface area contributed by atoms with Gasteiger partial charge in [0.05, 0.1) is 17.9 Å². The molecule has 0 aliphatic carbocycles. The van der Waals surface area contributed by atoms with E-state index in [1.165, 1.54) is 36.1 Å². The number of amides is 2. The number of halogens is 1. The minimum absolute atomic E-state index is 0.00805. The highest BCUT2D eigenvalue weighted by Crippen LogP contribution is 2.22. The van der Waals surface area contributed by atoms with Crippen LogP contribution in [-0.2, 0) is 14.3 Å². The van der Waals surface area contributed by atoms with E-state index < -0.39 is 11.8 Å². The summed E-state index contributed by atoms with van der Waals surface area (Å²) < 4.78 is 17.9. The van der Waals surface area contributed by atoms with Gasteiger partial charge >= 0.3 is 5.97 Å². The zero-order valence-corrected chi connectivity index (χ0v) is 15.2. The Morgan fingerprint density at radius 1 is 1.07 bits per heavy atom. The molecule has 6 nitrogen and oxygen atoms in total. The van der Waals surface area contributed by atoms with Crippen LogP contribution in [0.25, 0.3) is 0 Å². The minimum atomic E-state index is -0.532. The third-order valence-corrected chi connectivity index (χ3v) is 3.76. The Balaban J connectivity index is 2.10. The molecule has 27 heavy (non-hydrogen) atoms. The highest BCUT2D eigenvalue weighted by atomic mass is 19.1. The second kappa shape index (κ2) is 9.47. The number of rotatable bonds is 7. The maximum absolute atomic E-state index is 12.9. The van der Waals surface area contributed by atoms with Crippen LogP contribution in [0.15, 0.2) is 48.5 Å². The first kappa shape index (κ1) is 20.1. The van der Waals surface area contributed by atoms with Gasteiger partial charge in [-0.05, 0) is 43.3 Å². The number of nitrogens with one attached hydrogen (secondary N) is 1. The lowest BCUT2D eigenvalue weighted by atomic mass is 10.1. The number of para-hydroxylation sites is 1. The van der Waals surface area contributed by atoms with Crippen molar-refractivity contribution in [1.82, 2.24) is 0 Å². The fourth-order valence-corrected chi connectivity index (χ4v) is 2.51. The van der Waals surface area contributed by atoms with Crippen LogP contribution in [-0.4, -0.2) is 30.9 Å². The highest BCUT2D eigenvalue weighted by Gasteiger charge is 2.20. The summed E-state index contributed by atoms with van der Waals surface area (Å²) in [6.45, 7) is 3.36. The number of esters is 1. The van der Waals surface area contributed by atoms with Crippen LogP contribution < -0.4 is 10.2 Å². The Bertz CT molecular complexity index is 821. The Morgan fingerprint density at radius 2 is 1.74 bits per heavy atom. The number of carbonyl (C=O) groups excluding carboxylic acids is 3. The summed E-state index contributed by atoms with van der Waals surface area (Å²) in [5.74, 6) is -1.57. The normalized spacial score (nSPS) is 10.2. The molecular weight excluding hydrogens is 351 g/mol. The van der Waals surface area contributed by atoms with Crippen LogP contribution in [0.5, 0.6) is 0 Å². The van der Waals surface area contributed by atoms with Gasteiger partial charge in [0.1, 0.15) is 5.82 Å². The summed E-state index contributed by atoms with van der Waals surface area (Å²) in [5.41, 5.74) is 1.11. The molecule has 0 unspecified atom stereocenters. The van der Waals surface area contributed by atoms with E-state index in [2.05, 4.69) is 5.32 Å². The molecule has 2 aromatic rings. The zero-order valence-electron chi connectivity index (χ0n) is 15.2. The molecular formula is C20H21FN2O4. The molecule has 7 heteroatoms. The first-order valence-electron chi connectivity index (χ1n) is 8.52. The number of hydrogen-bond acceptors (Lipinski definition) is 4. The summed E-state index contributed by atoms with van der Waals surface area (Å²) >= 11 is 0. The van der Waals surface area contributed by atoms with Crippen molar-refractivity contribution in [3.05, 3.63) is 59.9 Å². The van der Waals surface area contributed by atoms with E-state index >= 15 is 0 Å². The third kappa shape index (κ3) is 5.64. The molecule has 0 fully saturated rings. The van der Waals surface area contributed by atoms with E-state index in [4.69, 9.17) is 4.74 Å². The monoisotopic (exact) mass is 372 g/mol. The van der Waals surface area contributed by atoms with Crippen molar-refractivity contribution < 1.29 is 23.5 Å². The smallest absolute Gasteiger partial charge is 0.340 e. The van der Waals surface area contributed by atoms with Gasteiger partial charge in [0, 0.05) is 25.6 Å². The zero-order chi connectivity index (χ0) is 19.8. The average molecular weight is 372 g/mol. The number of ether oxygens (including phenoxy) is 1. The molecule has 0 saturated heterocycles. The molecule has 142 valence electrons. The minimum Gasteiger partial charge on any atom is -0.462 e. The number of carbonyl (C=O) groups is 3. The molecule has 0 aromatic heterocycles. The largest absolute Gasteiger partial charge is 0.462 e. The van der Waals surface area contributed by atoms with E-state index in [0.29, 0.717) is 11.4 Å². The van der Waals surface area contributed by atoms with Gasteiger partial charge in [0.15, 0.2) is 0 Å². The van der Waals surface area contributed by atoms with Gasteiger partial charge in [-0.2, -0.15) is 0 Å². The number of benzene rings is 2. The van der Waals surface area contributed by atoms with Gasteiger partial charge in [-0.15, -0.1) is 0 Å². The summed E-state index contributed by atoms with van der Waals surface area (Å²) in [4.78, 5) is 37.7. The first-order chi connectivity index (χ1) is 12.9. The van der Waals surface area contributed by atoms with Crippen LogP contribution in [0.1, 0.15) is 30.6 Å². The number of hydrogen-bond donors (Lipinski definition) is 1. The van der Waals surface area contributed by atoms with E-state index in [-0.39, 0.29) is 37.0 Å². The molecule has 2 aromatic carbocycles. The summed E-state index contributed by atoms with van der Waals surface area (Å²) in [5, 5.41) is 2.64. The predicted octanol–water partition coefficient (Wildman–Crippen LogP) is 3.38. The van der Waals surface area contributed by atoms with Crippen molar-refractivity contribution in [2.75, 3.05) is 23.4 Å². The van der Waals surface area contributed by atoms with Crippen LogP contribution >= 0.6 is 0 Å². The average Bonchev–Trinajstić information content (AvgIpc) is 2.64. The standard InChI is InChI=1S/C20H21FN2O4/c1-3-27-20(26)17-6-4-5-7-18(17)23(14(2)24)13-12-19(25)22-16-10-8-15(21)9-11-16/h4-11H,3,12-13H2,1-2H3,(H,22,25). The Hall–Kier alpha value is -3.22. The fourth-order valence-electron chi connectivity index (χ4n) is 2.51. The van der Waals surface area contributed by atoms with Crippen LogP contribution in [0, 0.1) is 5.82 Å². The van der Waals surface area contributed by atoms with Crippen LogP contribution in [0.2, 0.25) is 0 Å². The molecule has 2 amide bonds. The Morgan fingerprint density at radius 3 is 2.37 bits per heavy atom. The quantitative estimate of drug-likeness (QED) is 0.756. The highest BCUT2D eigenvalue weighted by molar-refractivity contribution is 6.02. The van der Waals surface area contributed by atoms with Crippen molar-refractivity contribution in [3.8, 4) is 0 Å². The predicted molar refractivity (Wildman–Crippen MR) is 100 cm³/mol. The Labute approximate surface area is 156 Å². The van der Waals surface area contributed by atoms with E-state index in [9.17, 15) is 18.8 Å². The van der Waals surface area contributed by atoms with E-state index in [0.717, 1.165) is 0 Å². The maximum Gasteiger partial charge on any atom is 0.340 e.